The van der Waals surface area contributed by atoms with Crippen LogP contribution in [0.25, 0.3) is 10.6 Å². The fraction of sp³-hybridized carbons (Fsp3) is 0.0556. The molecule has 0 aliphatic rings. The Morgan fingerprint density at radius 3 is 2.68 bits per heavy atom. The number of nitrogens with one attached hydrogen (secondary N) is 2. The molecule has 0 spiro atoms. The number of methoxy groups -OCH3 is 1. The number of aromatic nitrogens is 2. The van der Waals surface area contributed by atoms with Crippen LogP contribution in [0, 0.1) is 0 Å². The van der Waals surface area contributed by atoms with Crippen molar-refractivity contribution in [2.24, 2.45) is 5.10 Å². The van der Waals surface area contributed by atoms with E-state index >= 15 is 0 Å². The van der Waals surface area contributed by atoms with Gasteiger partial charge in [-0.1, -0.05) is 41.7 Å². The molecule has 1 heterocycles. The molecule has 10 heteroatoms. The molecule has 0 unspecified atom stereocenters. The number of benzene rings is 2. The maximum atomic E-state index is 11.9. The van der Waals surface area contributed by atoms with Crippen molar-refractivity contribution in [3.63, 3.8) is 0 Å². The third-order valence-electron chi connectivity index (χ3n) is 3.48. The summed E-state index contributed by atoms with van der Waals surface area (Å²) < 4.78 is 5.04. The molecule has 0 aliphatic carbocycles. The monoisotopic (exact) mass is 397 g/mol. The zero-order chi connectivity index (χ0) is 19.9. The highest BCUT2D eigenvalue weighted by molar-refractivity contribution is 7.18. The van der Waals surface area contributed by atoms with Crippen molar-refractivity contribution in [2.75, 3.05) is 12.4 Å². The summed E-state index contributed by atoms with van der Waals surface area (Å²) in [4.78, 5) is 23.8. The third kappa shape index (κ3) is 4.68. The molecule has 0 bridgehead atoms. The third-order valence-corrected chi connectivity index (χ3v) is 4.36. The van der Waals surface area contributed by atoms with Gasteiger partial charge in [-0.15, -0.1) is 10.2 Å². The molecule has 142 valence electrons. The van der Waals surface area contributed by atoms with Gasteiger partial charge in [-0.25, -0.2) is 5.43 Å². The fourth-order valence-electron chi connectivity index (χ4n) is 2.10. The largest absolute Gasteiger partial charge is 0.507 e. The number of nitrogens with zero attached hydrogens (tertiary/aromatic N) is 3. The summed E-state index contributed by atoms with van der Waals surface area (Å²) in [6.45, 7) is 0. The average Bonchev–Trinajstić information content (AvgIpc) is 3.18. The fourth-order valence-corrected chi connectivity index (χ4v) is 2.84. The quantitative estimate of drug-likeness (QED) is 0.343. The van der Waals surface area contributed by atoms with Gasteiger partial charge in [0.25, 0.3) is 0 Å². The second-order valence-electron chi connectivity index (χ2n) is 5.36. The van der Waals surface area contributed by atoms with E-state index in [1.807, 2.05) is 30.3 Å². The summed E-state index contributed by atoms with van der Waals surface area (Å²) in [7, 11) is 1.48. The lowest BCUT2D eigenvalue weighted by atomic mass is 10.2. The predicted octanol–water partition coefficient (Wildman–Crippen LogP) is 2.01. The van der Waals surface area contributed by atoms with Gasteiger partial charge in [0.2, 0.25) is 5.13 Å². The Labute approximate surface area is 163 Å². The summed E-state index contributed by atoms with van der Waals surface area (Å²) >= 11 is 1.14. The summed E-state index contributed by atoms with van der Waals surface area (Å²) in [5.41, 5.74) is 3.25. The molecule has 3 aromatic rings. The minimum atomic E-state index is -0.991. The number of hydrogen-bond acceptors (Lipinski definition) is 8. The van der Waals surface area contributed by atoms with Crippen molar-refractivity contribution >= 4 is 34.5 Å². The number of carbonyl (C=O) groups is 2. The number of aromatic hydroxyl groups is 1. The minimum Gasteiger partial charge on any atom is -0.507 e. The van der Waals surface area contributed by atoms with Crippen LogP contribution in [-0.4, -0.2) is 40.4 Å². The highest BCUT2D eigenvalue weighted by atomic mass is 32.1. The van der Waals surface area contributed by atoms with Crippen LogP contribution in [0.5, 0.6) is 11.5 Å². The summed E-state index contributed by atoms with van der Waals surface area (Å²) in [6.07, 6.45) is 1.20. The molecular formula is C18H15N5O4S. The summed E-state index contributed by atoms with van der Waals surface area (Å²) in [6, 6.07) is 13.9. The van der Waals surface area contributed by atoms with E-state index in [0.29, 0.717) is 16.3 Å². The normalized spacial score (nSPS) is 10.6. The Kier molecular flexibility index (Phi) is 5.92. The number of phenolic OH excluding ortho intramolecular Hbond substituents is 1. The van der Waals surface area contributed by atoms with Crippen LogP contribution in [0.15, 0.2) is 53.6 Å². The van der Waals surface area contributed by atoms with Crippen LogP contribution in [0.1, 0.15) is 5.56 Å². The van der Waals surface area contributed by atoms with Gasteiger partial charge in [-0.2, -0.15) is 5.10 Å². The number of phenols is 1. The Morgan fingerprint density at radius 2 is 1.93 bits per heavy atom. The first-order valence-electron chi connectivity index (χ1n) is 7.97. The van der Waals surface area contributed by atoms with E-state index in [2.05, 4.69) is 26.0 Å². The molecule has 2 aromatic carbocycles. The average molecular weight is 397 g/mol. The van der Waals surface area contributed by atoms with E-state index in [-0.39, 0.29) is 10.9 Å². The van der Waals surface area contributed by atoms with Crippen LogP contribution in [-0.2, 0) is 9.59 Å². The predicted molar refractivity (Wildman–Crippen MR) is 104 cm³/mol. The van der Waals surface area contributed by atoms with E-state index in [4.69, 9.17) is 4.74 Å². The summed E-state index contributed by atoms with van der Waals surface area (Å²) in [5.74, 6) is -1.47. The second-order valence-corrected chi connectivity index (χ2v) is 6.33. The molecule has 9 nitrogen and oxygen atoms in total. The smallest absolute Gasteiger partial charge is 0.329 e. The molecule has 0 saturated heterocycles. The van der Waals surface area contributed by atoms with Gasteiger partial charge in [-0.05, 0) is 18.2 Å². The number of hydrogen-bond donors (Lipinski definition) is 3. The van der Waals surface area contributed by atoms with E-state index < -0.39 is 11.8 Å². The number of carbonyl (C=O) groups excluding carboxylic acids is 2. The zero-order valence-electron chi connectivity index (χ0n) is 14.6. The Morgan fingerprint density at radius 1 is 1.14 bits per heavy atom. The second kappa shape index (κ2) is 8.73. The molecule has 28 heavy (non-hydrogen) atoms. The topological polar surface area (TPSA) is 126 Å². The van der Waals surface area contributed by atoms with E-state index in [1.165, 1.54) is 25.5 Å². The molecular weight excluding hydrogens is 382 g/mol. The molecule has 3 rings (SSSR count). The standard InChI is InChI=1S/C18H15N5O4S/c1-27-13-7-8-14(24)12(9-13)10-19-21-16(26)15(25)20-18-23-22-17(28-18)11-5-3-2-4-6-11/h2-10,24H,1H3,(H,21,26)(H,20,23,25). The van der Waals surface area contributed by atoms with E-state index in [9.17, 15) is 14.7 Å². The summed E-state index contributed by atoms with van der Waals surface area (Å²) in [5, 5.41) is 24.4. The molecule has 0 fully saturated rings. The number of rotatable bonds is 5. The van der Waals surface area contributed by atoms with Crippen LogP contribution >= 0.6 is 11.3 Å². The lowest BCUT2D eigenvalue weighted by Gasteiger charge is -2.03. The first kappa shape index (κ1) is 19.0. The maximum absolute atomic E-state index is 11.9. The van der Waals surface area contributed by atoms with E-state index in [1.54, 1.807) is 6.07 Å². The van der Waals surface area contributed by atoms with Crippen LogP contribution in [0.2, 0.25) is 0 Å². The number of anilines is 1. The maximum Gasteiger partial charge on any atom is 0.329 e. The number of amides is 2. The molecule has 0 aliphatic heterocycles. The molecule has 1 aromatic heterocycles. The van der Waals surface area contributed by atoms with Crippen molar-refractivity contribution in [1.82, 2.24) is 15.6 Å². The van der Waals surface area contributed by atoms with Gasteiger partial charge in [-0.3, -0.25) is 14.9 Å². The molecule has 0 atom stereocenters. The van der Waals surface area contributed by atoms with Gasteiger partial charge in [0.1, 0.15) is 16.5 Å². The van der Waals surface area contributed by atoms with Gasteiger partial charge in [0.05, 0.1) is 13.3 Å². The lowest BCUT2D eigenvalue weighted by Crippen LogP contribution is -2.32. The van der Waals surface area contributed by atoms with Crippen molar-refractivity contribution in [1.29, 1.82) is 0 Å². The number of hydrazone groups is 1. The van der Waals surface area contributed by atoms with Crippen molar-refractivity contribution in [2.45, 2.75) is 0 Å². The first-order chi connectivity index (χ1) is 13.6. The van der Waals surface area contributed by atoms with Gasteiger partial charge in [0.15, 0.2) is 0 Å². The van der Waals surface area contributed by atoms with Crippen LogP contribution < -0.4 is 15.5 Å². The molecule has 2 amide bonds. The Balaban J connectivity index is 1.58. The van der Waals surface area contributed by atoms with E-state index in [0.717, 1.165) is 16.9 Å². The minimum absolute atomic E-state index is 0.0504. The van der Waals surface area contributed by atoms with Crippen LogP contribution in [0.4, 0.5) is 5.13 Å². The molecule has 0 saturated carbocycles. The van der Waals surface area contributed by atoms with Crippen LogP contribution in [0.3, 0.4) is 0 Å². The number of ether oxygens (including phenoxy) is 1. The van der Waals surface area contributed by atoms with Crippen molar-refractivity contribution in [3.05, 3.63) is 54.1 Å². The van der Waals surface area contributed by atoms with Crippen molar-refractivity contribution < 1.29 is 19.4 Å². The SMILES string of the molecule is COc1ccc(O)c(C=NNC(=O)C(=O)Nc2nnc(-c3ccccc3)s2)c1. The van der Waals surface area contributed by atoms with Gasteiger partial charge < -0.3 is 9.84 Å². The van der Waals surface area contributed by atoms with Gasteiger partial charge in [0, 0.05) is 11.1 Å². The molecule has 0 radical (unpaired) electrons. The zero-order valence-corrected chi connectivity index (χ0v) is 15.4. The Hall–Kier alpha value is -3.79. The highest BCUT2D eigenvalue weighted by Gasteiger charge is 2.16. The van der Waals surface area contributed by atoms with Gasteiger partial charge >= 0.3 is 11.8 Å². The van der Waals surface area contributed by atoms with Crippen molar-refractivity contribution in [3.8, 4) is 22.1 Å². The lowest BCUT2D eigenvalue weighted by molar-refractivity contribution is -0.136. The molecule has 3 N–H and O–H groups in total. The first-order valence-corrected chi connectivity index (χ1v) is 8.79. The Bertz CT molecular complexity index is 1020. The highest BCUT2D eigenvalue weighted by Crippen LogP contribution is 2.25.